The van der Waals surface area contributed by atoms with Crippen molar-refractivity contribution in [2.45, 2.75) is 20.3 Å². The molecule has 128 valence electrons. The standard InChI is InChI=1S/C18H24N4O2/c1-13-17(14(2)20-19-13)12-18(23)22-10-8-21(9-11-22)15-4-6-16(24-3)7-5-15/h4-7H,8-12H2,1-3H3,(H,19,20). The molecule has 1 saturated heterocycles. The number of H-pyrrole nitrogens is 1. The SMILES string of the molecule is COc1ccc(N2CCN(C(=O)Cc3c(C)n[nH]c3C)CC2)cc1. The number of methoxy groups -OCH3 is 1. The zero-order valence-corrected chi connectivity index (χ0v) is 14.5. The van der Waals surface area contributed by atoms with Gasteiger partial charge in [0.05, 0.1) is 19.2 Å². The molecule has 6 heteroatoms. The third-order valence-corrected chi connectivity index (χ3v) is 4.68. The summed E-state index contributed by atoms with van der Waals surface area (Å²) in [7, 11) is 1.67. The van der Waals surface area contributed by atoms with Gasteiger partial charge in [0.15, 0.2) is 0 Å². The van der Waals surface area contributed by atoms with E-state index in [4.69, 9.17) is 4.74 Å². The number of nitrogens with one attached hydrogen (secondary N) is 1. The van der Waals surface area contributed by atoms with Gasteiger partial charge in [-0.25, -0.2) is 0 Å². The van der Waals surface area contributed by atoms with E-state index in [1.54, 1.807) is 7.11 Å². The number of aromatic amines is 1. The average Bonchev–Trinajstić information content (AvgIpc) is 2.94. The average molecular weight is 328 g/mol. The summed E-state index contributed by atoms with van der Waals surface area (Å²) in [5.41, 5.74) is 4.09. The van der Waals surface area contributed by atoms with E-state index in [-0.39, 0.29) is 5.91 Å². The van der Waals surface area contributed by atoms with Gasteiger partial charge in [0, 0.05) is 43.1 Å². The summed E-state index contributed by atoms with van der Waals surface area (Å²) >= 11 is 0. The van der Waals surface area contributed by atoms with Gasteiger partial charge in [0.2, 0.25) is 5.91 Å². The number of aromatic nitrogens is 2. The van der Waals surface area contributed by atoms with Crippen LogP contribution in [0, 0.1) is 13.8 Å². The highest BCUT2D eigenvalue weighted by Gasteiger charge is 2.22. The van der Waals surface area contributed by atoms with Crippen molar-refractivity contribution in [2.24, 2.45) is 0 Å². The molecule has 1 aromatic heterocycles. The number of hydrogen-bond acceptors (Lipinski definition) is 4. The van der Waals surface area contributed by atoms with E-state index < -0.39 is 0 Å². The number of hydrogen-bond donors (Lipinski definition) is 1. The lowest BCUT2D eigenvalue weighted by Gasteiger charge is -2.36. The summed E-state index contributed by atoms with van der Waals surface area (Å²) in [6.45, 7) is 7.10. The quantitative estimate of drug-likeness (QED) is 0.931. The van der Waals surface area contributed by atoms with E-state index in [2.05, 4.69) is 27.2 Å². The second-order valence-corrected chi connectivity index (χ2v) is 6.16. The highest BCUT2D eigenvalue weighted by Crippen LogP contribution is 2.21. The maximum absolute atomic E-state index is 12.5. The third kappa shape index (κ3) is 3.37. The molecule has 1 aliphatic heterocycles. The Morgan fingerprint density at radius 1 is 1.17 bits per heavy atom. The van der Waals surface area contributed by atoms with Crippen molar-refractivity contribution in [1.82, 2.24) is 15.1 Å². The highest BCUT2D eigenvalue weighted by atomic mass is 16.5. The molecule has 0 spiro atoms. The van der Waals surface area contributed by atoms with Crippen LogP contribution >= 0.6 is 0 Å². The third-order valence-electron chi connectivity index (χ3n) is 4.68. The lowest BCUT2D eigenvalue weighted by molar-refractivity contribution is -0.130. The van der Waals surface area contributed by atoms with Crippen molar-refractivity contribution >= 4 is 11.6 Å². The summed E-state index contributed by atoms with van der Waals surface area (Å²) in [6.07, 6.45) is 0.427. The second-order valence-electron chi connectivity index (χ2n) is 6.16. The minimum Gasteiger partial charge on any atom is -0.497 e. The number of nitrogens with zero attached hydrogens (tertiary/aromatic N) is 3. The topological polar surface area (TPSA) is 61.5 Å². The summed E-state index contributed by atoms with van der Waals surface area (Å²) < 4.78 is 5.20. The first kappa shape index (κ1) is 16.4. The number of amides is 1. The van der Waals surface area contributed by atoms with E-state index in [9.17, 15) is 4.79 Å². The zero-order valence-electron chi connectivity index (χ0n) is 14.5. The monoisotopic (exact) mass is 328 g/mol. The molecular weight excluding hydrogens is 304 g/mol. The van der Waals surface area contributed by atoms with Crippen LogP contribution in [0.1, 0.15) is 17.0 Å². The second kappa shape index (κ2) is 6.95. The van der Waals surface area contributed by atoms with E-state index in [0.29, 0.717) is 6.42 Å². The van der Waals surface area contributed by atoms with Crippen LogP contribution in [0.5, 0.6) is 5.75 Å². The van der Waals surface area contributed by atoms with Crippen LogP contribution < -0.4 is 9.64 Å². The van der Waals surface area contributed by atoms with Crippen LogP contribution in [0.15, 0.2) is 24.3 Å². The van der Waals surface area contributed by atoms with Crippen molar-refractivity contribution in [3.05, 3.63) is 41.2 Å². The van der Waals surface area contributed by atoms with E-state index >= 15 is 0 Å². The molecule has 0 saturated carbocycles. The van der Waals surface area contributed by atoms with Crippen molar-refractivity contribution in [3.8, 4) is 5.75 Å². The predicted octanol–water partition coefficient (Wildman–Crippen LogP) is 1.93. The molecule has 0 aliphatic carbocycles. The fourth-order valence-corrected chi connectivity index (χ4v) is 3.10. The first-order chi connectivity index (χ1) is 11.6. The van der Waals surface area contributed by atoms with Crippen LogP contribution in [0.4, 0.5) is 5.69 Å². The molecule has 1 N–H and O–H groups in total. The molecular formula is C18H24N4O2. The Morgan fingerprint density at radius 3 is 2.38 bits per heavy atom. The van der Waals surface area contributed by atoms with Gasteiger partial charge in [-0.15, -0.1) is 0 Å². The predicted molar refractivity (Wildman–Crippen MR) is 93.6 cm³/mol. The molecule has 3 rings (SSSR count). The number of ether oxygens (including phenoxy) is 1. The van der Waals surface area contributed by atoms with Crippen molar-refractivity contribution in [1.29, 1.82) is 0 Å². The highest BCUT2D eigenvalue weighted by molar-refractivity contribution is 5.79. The van der Waals surface area contributed by atoms with Gasteiger partial charge < -0.3 is 14.5 Å². The van der Waals surface area contributed by atoms with Crippen LogP contribution in [-0.4, -0.2) is 54.3 Å². The molecule has 0 bridgehead atoms. The maximum Gasteiger partial charge on any atom is 0.227 e. The summed E-state index contributed by atoms with van der Waals surface area (Å²) in [5.74, 6) is 1.04. The van der Waals surface area contributed by atoms with Gasteiger partial charge in [0.1, 0.15) is 5.75 Å². The van der Waals surface area contributed by atoms with Gasteiger partial charge in [-0.05, 0) is 38.1 Å². The summed E-state index contributed by atoms with van der Waals surface area (Å²) in [6, 6.07) is 8.07. The fraction of sp³-hybridized carbons (Fsp3) is 0.444. The van der Waals surface area contributed by atoms with Gasteiger partial charge in [-0.2, -0.15) is 5.10 Å². The zero-order chi connectivity index (χ0) is 17.1. The molecule has 0 atom stereocenters. The summed E-state index contributed by atoms with van der Waals surface area (Å²) in [4.78, 5) is 16.8. The smallest absolute Gasteiger partial charge is 0.227 e. The number of aryl methyl sites for hydroxylation is 2. The fourth-order valence-electron chi connectivity index (χ4n) is 3.10. The number of anilines is 1. The molecule has 0 unspecified atom stereocenters. The molecule has 0 radical (unpaired) electrons. The minimum absolute atomic E-state index is 0.178. The number of carbonyl (C=O) groups excluding carboxylic acids is 1. The van der Waals surface area contributed by atoms with Crippen LogP contribution in [0.25, 0.3) is 0 Å². The first-order valence-electron chi connectivity index (χ1n) is 8.25. The normalized spacial score (nSPS) is 14.8. The molecule has 24 heavy (non-hydrogen) atoms. The van der Waals surface area contributed by atoms with Crippen LogP contribution in [0.3, 0.4) is 0 Å². The number of rotatable bonds is 4. The maximum atomic E-state index is 12.5. The molecule has 2 heterocycles. The Labute approximate surface area is 142 Å². The lowest BCUT2D eigenvalue weighted by Crippen LogP contribution is -2.49. The van der Waals surface area contributed by atoms with E-state index in [1.807, 2.05) is 30.9 Å². The first-order valence-corrected chi connectivity index (χ1v) is 8.25. The van der Waals surface area contributed by atoms with Crippen LogP contribution in [-0.2, 0) is 11.2 Å². The van der Waals surface area contributed by atoms with E-state index in [1.165, 1.54) is 5.69 Å². The van der Waals surface area contributed by atoms with Crippen LogP contribution in [0.2, 0.25) is 0 Å². The number of piperazine rings is 1. The molecule has 1 aromatic carbocycles. The summed E-state index contributed by atoms with van der Waals surface area (Å²) in [5, 5.41) is 7.11. The Hall–Kier alpha value is -2.50. The minimum atomic E-state index is 0.178. The van der Waals surface area contributed by atoms with Gasteiger partial charge in [-0.1, -0.05) is 0 Å². The molecule has 6 nitrogen and oxygen atoms in total. The van der Waals surface area contributed by atoms with Crippen molar-refractivity contribution in [2.75, 3.05) is 38.2 Å². The van der Waals surface area contributed by atoms with Gasteiger partial charge in [0.25, 0.3) is 0 Å². The molecule has 1 amide bonds. The van der Waals surface area contributed by atoms with Crippen molar-refractivity contribution < 1.29 is 9.53 Å². The van der Waals surface area contributed by atoms with Crippen molar-refractivity contribution in [3.63, 3.8) is 0 Å². The molecule has 1 aliphatic rings. The number of carbonyl (C=O) groups is 1. The Bertz CT molecular complexity index is 681. The number of benzene rings is 1. The molecule has 1 fully saturated rings. The Kier molecular flexibility index (Phi) is 4.74. The Balaban J connectivity index is 1.57. The Morgan fingerprint density at radius 2 is 1.83 bits per heavy atom. The largest absolute Gasteiger partial charge is 0.497 e. The van der Waals surface area contributed by atoms with Gasteiger partial charge >= 0.3 is 0 Å². The van der Waals surface area contributed by atoms with E-state index in [0.717, 1.165) is 48.9 Å². The lowest BCUT2D eigenvalue weighted by atomic mass is 10.1. The van der Waals surface area contributed by atoms with Gasteiger partial charge in [-0.3, -0.25) is 9.89 Å². The molecule has 2 aromatic rings.